The molecule has 0 saturated heterocycles. The number of nitrogens with zero attached hydrogens (tertiary/aromatic N) is 5. The van der Waals surface area contributed by atoms with Crippen molar-refractivity contribution >= 4 is 34.6 Å². The Balaban J connectivity index is 1.68. The van der Waals surface area contributed by atoms with Gasteiger partial charge in [0.15, 0.2) is 0 Å². The van der Waals surface area contributed by atoms with Crippen LogP contribution in [0, 0.1) is 23.7 Å². The zero-order valence-electron chi connectivity index (χ0n) is 30.2. The van der Waals surface area contributed by atoms with Crippen molar-refractivity contribution in [1.29, 1.82) is 0 Å². The molecule has 0 aliphatic heterocycles. The van der Waals surface area contributed by atoms with Gasteiger partial charge in [0.1, 0.15) is 23.3 Å². The molecule has 48 heavy (non-hydrogen) atoms. The Kier molecular flexibility index (Phi) is 11.6. The van der Waals surface area contributed by atoms with E-state index in [1.54, 1.807) is 0 Å². The molecule has 5 aromatic rings. The van der Waals surface area contributed by atoms with Gasteiger partial charge in [-0.3, -0.25) is 9.80 Å². The maximum Gasteiger partial charge on any atom is 0.141 e. The van der Waals surface area contributed by atoms with Crippen LogP contribution in [0.25, 0.3) is 0 Å². The second-order valence-corrected chi connectivity index (χ2v) is 14.8. The first-order valence-corrected chi connectivity index (χ1v) is 17.7. The van der Waals surface area contributed by atoms with Crippen LogP contribution in [0.3, 0.4) is 0 Å². The standard InChI is InChI=1S/C43H53N5/c1-30(2)22-34-12-9-14-38(26-34)47(42-28-36(18-20-44-42)24-32(5)6)40-16-11-17-41(46-40)48(39-15-10-13-35(27-39)23-31(3)4)43-29-37(19-21-45-43)25-33(7)8/h9-21,26-33H,22-25H2,1-8H3. The highest BCUT2D eigenvalue weighted by molar-refractivity contribution is 5.77. The van der Waals surface area contributed by atoms with Crippen LogP contribution in [0.15, 0.2) is 103 Å². The molecule has 5 nitrogen and oxygen atoms in total. The fraction of sp³-hybridized carbons (Fsp3) is 0.372. The summed E-state index contributed by atoms with van der Waals surface area (Å²) in [5.41, 5.74) is 7.24. The van der Waals surface area contributed by atoms with Gasteiger partial charge in [0.2, 0.25) is 0 Å². The van der Waals surface area contributed by atoms with Crippen molar-refractivity contribution in [1.82, 2.24) is 15.0 Å². The molecule has 0 aliphatic carbocycles. The number of aromatic nitrogens is 3. The van der Waals surface area contributed by atoms with Gasteiger partial charge in [0.25, 0.3) is 0 Å². The number of rotatable bonds is 14. The van der Waals surface area contributed by atoms with Crippen LogP contribution in [0.5, 0.6) is 0 Å². The van der Waals surface area contributed by atoms with Crippen molar-refractivity contribution in [2.75, 3.05) is 9.80 Å². The van der Waals surface area contributed by atoms with Gasteiger partial charge in [-0.05, 0) is 132 Å². The van der Waals surface area contributed by atoms with Gasteiger partial charge < -0.3 is 0 Å². The number of benzene rings is 2. The third-order valence-corrected chi connectivity index (χ3v) is 8.17. The van der Waals surface area contributed by atoms with Crippen LogP contribution in [-0.4, -0.2) is 15.0 Å². The highest BCUT2D eigenvalue weighted by atomic mass is 15.3. The summed E-state index contributed by atoms with van der Waals surface area (Å²) in [4.78, 5) is 19.7. The van der Waals surface area contributed by atoms with E-state index >= 15 is 0 Å². The van der Waals surface area contributed by atoms with E-state index in [9.17, 15) is 0 Å². The first-order chi connectivity index (χ1) is 23.0. The Morgan fingerprint density at radius 1 is 0.417 bits per heavy atom. The van der Waals surface area contributed by atoms with E-state index in [0.717, 1.165) is 60.3 Å². The van der Waals surface area contributed by atoms with E-state index in [4.69, 9.17) is 15.0 Å². The molecule has 0 amide bonds. The number of hydrogen-bond acceptors (Lipinski definition) is 5. The minimum atomic E-state index is 0.545. The summed E-state index contributed by atoms with van der Waals surface area (Å²) in [6, 6.07) is 32.6. The maximum absolute atomic E-state index is 5.41. The molecule has 3 heterocycles. The Morgan fingerprint density at radius 2 is 0.771 bits per heavy atom. The number of pyridine rings is 3. The second-order valence-electron chi connectivity index (χ2n) is 14.8. The van der Waals surface area contributed by atoms with Gasteiger partial charge in [0, 0.05) is 23.8 Å². The van der Waals surface area contributed by atoms with Crippen molar-refractivity contribution in [3.05, 3.63) is 126 Å². The summed E-state index contributed by atoms with van der Waals surface area (Å²) in [5, 5.41) is 0. The van der Waals surface area contributed by atoms with Crippen molar-refractivity contribution in [3.8, 4) is 0 Å². The van der Waals surface area contributed by atoms with Crippen LogP contribution < -0.4 is 9.80 Å². The predicted molar refractivity (Wildman–Crippen MR) is 203 cm³/mol. The molecular weight excluding hydrogens is 587 g/mol. The molecule has 0 radical (unpaired) electrons. The maximum atomic E-state index is 5.41. The monoisotopic (exact) mass is 639 g/mol. The largest absolute Gasteiger partial charge is 0.279 e. The average molecular weight is 640 g/mol. The van der Waals surface area contributed by atoms with Gasteiger partial charge >= 0.3 is 0 Å². The fourth-order valence-electron chi connectivity index (χ4n) is 6.38. The molecule has 0 fully saturated rings. The van der Waals surface area contributed by atoms with Crippen LogP contribution in [0.2, 0.25) is 0 Å². The van der Waals surface area contributed by atoms with E-state index in [1.807, 2.05) is 12.4 Å². The SMILES string of the molecule is CC(C)Cc1cccc(N(c2cc(CC(C)C)ccn2)c2cccc(N(c3cccc(CC(C)C)c3)c3cc(CC(C)C)ccn3)n2)c1. The van der Waals surface area contributed by atoms with E-state index in [2.05, 4.69) is 156 Å². The van der Waals surface area contributed by atoms with Crippen LogP contribution >= 0.6 is 0 Å². The lowest BCUT2D eigenvalue weighted by molar-refractivity contribution is 0.646. The Labute approximate surface area is 289 Å². The first kappa shape index (κ1) is 34.8. The smallest absolute Gasteiger partial charge is 0.141 e. The molecule has 0 spiro atoms. The van der Waals surface area contributed by atoms with Gasteiger partial charge in [-0.1, -0.05) is 85.7 Å². The molecule has 0 saturated carbocycles. The Bertz CT molecular complexity index is 1540. The summed E-state index contributed by atoms with van der Waals surface area (Å²) < 4.78 is 0. The lowest BCUT2D eigenvalue weighted by Crippen LogP contribution is -2.18. The minimum absolute atomic E-state index is 0.545. The molecule has 5 rings (SSSR count). The molecule has 0 aliphatic rings. The van der Waals surface area contributed by atoms with Crippen LogP contribution in [0.4, 0.5) is 34.6 Å². The third-order valence-electron chi connectivity index (χ3n) is 8.17. The molecular formula is C43H53N5. The van der Waals surface area contributed by atoms with E-state index in [-0.39, 0.29) is 0 Å². The molecule has 0 N–H and O–H groups in total. The molecule has 2 aromatic carbocycles. The fourth-order valence-corrected chi connectivity index (χ4v) is 6.38. The van der Waals surface area contributed by atoms with E-state index in [1.165, 1.54) is 22.3 Å². The number of hydrogen-bond donors (Lipinski definition) is 0. The second kappa shape index (κ2) is 16.1. The topological polar surface area (TPSA) is 45.2 Å². The van der Waals surface area contributed by atoms with Crippen molar-refractivity contribution < 1.29 is 0 Å². The summed E-state index contributed by atoms with van der Waals surface area (Å²) in [6.07, 6.45) is 7.85. The van der Waals surface area contributed by atoms with Gasteiger partial charge in [-0.25, -0.2) is 15.0 Å². The van der Waals surface area contributed by atoms with Crippen molar-refractivity contribution in [2.45, 2.75) is 81.1 Å². The molecule has 3 aromatic heterocycles. The average Bonchev–Trinajstić information content (AvgIpc) is 3.01. The Morgan fingerprint density at radius 3 is 1.15 bits per heavy atom. The van der Waals surface area contributed by atoms with E-state index in [0.29, 0.717) is 23.7 Å². The third kappa shape index (κ3) is 9.31. The molecule has 0 bridgehead atoms. The van der Waals surface area contributed by atoms with Crippen LogP contribution in [0.1, 0.15) is 77.6 Å². The highest BCUT2D eigenvalue weighted by Crippen LogP contribution is 2.38. The lowest BCUT2D eigenvalue weighted by atomic mass is 10.0. The van der Waals surface area contributed by atoms with Crippen molar-refractivity contribution in [3.63, 3.8) is 0 Å². The molecule has 250 valence electrons. The predicted octanol–water partition coefficient (Wildman–Crippen LogP) is 11.6. The van der Waals surface area contributed by atoms with Gasteiger partial charge in [-0.2, -0.15) is 0 Å². The summed E-state index contributed by atoms with van der Waals surface area (Å²) in [5.74, 6) is 5.55. The van der Waals surface area contributed by atoms with E-state index < -0.39 is 0 Å². The first-order valence-electron chi connectivity index (χ1n) is 17.7. The summed E-state index contributed by atoms with van der Waals surface area (Å²) in [7, 11) is 0. The lowest BCUT2D eigenvalue weighted by Gasteiger charge is -2.28. The minimum Gasteiger partial charge on any atom is -0.279 e. The highest BCUT2D eigenvalue weighted by Gasteiger charge is 2.21. The van der Waals surface area contributed by atoms with Gasteiger partial charge in [-0.15, -0.1) is 0 Å². The quantitative estimate of drug-likeness (QED) is 0.121. The zero-order valence-corrected chi connectivity index (χ0v) is 30.2. The molecule has 0 atom stereocenters. The normalized spacial score (nSPS) is 11.6. The van der Waals surface area contributed by atoms with Crippen LogP contribution in [-0.2, 0) is 25.7 Å². The van der Waals surface area contributed by atoms with Crippen molar-refractivity contribution in [2.24, 2.45) is 23.7 Å². The summed E-state index contributed by atoms with van der Waals surface area (Å²) >= 11 is 0. The zero-order chi connectivity index (χ0) is 34.2. The Hall–Kier alpha value is -4.51. The molecule has 5 heteroatoms. The number of anilines is 6. The molecule has 0 unspecified atom stereocenters. The summed E-state index contributed by atoms with van der Waals surface area (Å²) in [6.45, 7) is 18.1. The van der Waals surface area contributed by atoms with Gasteiger partial charge in [0.05, 0.1) is 0 Å².